The Labute approximate surface area is 150 Å². The maximum atomic E-state index is 12.8. The molecular formula is C19H13F3N2O3. The summed E-state index contributed by atoms with van der Waals surface area (Å²) >= 11 is 0. The minimum atomic E-state index is -4.54. The average Bonchev–Trinajstić information content (AvgIpc) is 2.63. The van der Waals surface area contributed by atoms with Gasteiger partial charge >= 0.3 is 11.9 Å². The molecule has 0 unspecified atom stereocenters. The molecule has 138 valence electrons. The largest absolute Gasteiger partial charge is 0.416 e. The number of carbonyl (C=O) groups is 1. The van der Waals surface area contributed by atoms with E-state index in [1.165, 1.54) is 41.1 Å². The van der Waals surface area contributed by atoms with Crippen molar-refractivity contribution in [2.24, 2.45) is 0 Å². The highest BCUT2D eigenvalue weighted by Gasteiger charge is 2.31. The summed E-state index contributed by atoms with van der Waals surface area (Å²) in [5.41, 5.74) is -1.32. The first-order valence-electron chi connectivity index (χ1n) is 7.85. The van der Waals surface area contributed by atoms with E-state index >= 15 is 0 Å². The molecule has 1 N–H and O–H groups in total. The fourth-order valence-corrected chi connectivity index (χ4v) is 2.58. The molecule has 5 nitrogen and oxygen atoms in total. The van der Waals surface area contributed by atoms with Crippen LogP contribution >= 0.6 is 0 Å². The lowest BCUT2D eigenvalue weighted by Crippen LogP contribution is -2.28. The molecule has 0 aliphatic carbocycles. The predicted octanol–water partition coefficient (Wildman–Crippen LogP) is 2.83. The second kappa shape index (κ2) is 7.06. The molecule has 1 heterocycles. The number of carbonyl (C=O) groups excluding carboxylic acids is 1. The third-order valence-electron chi connectivity index (χ3n) is 3.89. The van der Waals surface area contributed by atoms with Crippen molar-refractivity contribution in [2.45, 2.75) is 12.7 Å². The number of hydrogen-bond donors (Lipinski definition) is 1. The Hall–Kier alpha value is -3.42. The minimum absolute atomic E-state index is 0.0804. The highest BCUT2D eigenvalue weighted by atomic mass is 19.4. The molecule has 3 aromatic rings. The van der Waals surface area contributed by atoms with Crippen molar-refractivity contribution >= 4 is 5.78 Å². The van der Waals surface area contributed by atoms with Gasteiger partial charge in [0.25, 0.3) is 5.56 Å². The van der Waals surface area contributed by atoms with Crippen LogP contribution in [0, 0.1) is 0 Å². The van der Waals surface area contributed by atoms with E-state index in [1.807, 2.05) is 0 Å². The predicted molar refractivity (Wildman–Crippen MR) is 91.7 cm³/mol. The zero-order chi connectivity index (χ0) is 19.6. The first-order valence-corrected chi connectivity index (χ1v) is 7.85. The van der Waals surface area contributed by atoms with Gasteiger partial charge in [-0.2, -0.15) is 13.2 Å². The summed E-state index contributed by atoms with van der Waals surface area (Å²) < 4.78 is 39.8. The molecule has 2 aromatic carbocycles. The Morgan fingerprint density at radius 1 is 0.963 bits per heavy atom. The number of alkyl halides is 3. The number of aromatic amines is 1. The fourth-order valence-electron chi connectivity index (χ4n) is 2.58. The van der Waals surface area contributed by atoms with Crippen LogP contribution in [0.15, 0.2) is 70.4 Å². The van der Waals surface area contributed by atoms with Crippen LogP contribution in [0.3, 0.4) is 0 Å². The quantitative estimate of drug-likeness (QED) is 0.714. The normalized spacial score (nSPS) is 11.4. The van der Waals surface area contributed by atoms with Gasteiger partial charge in [-0.25, -0.2) is 4.79 Å². The van der Waals surface area contributed by atoms with E-state index < -0.39 is 28.8 Å². The molecule has 8 heteroatoms. The van der Waals surface area contributed by atoms with Gasteiger partial charge in [-0.05, 0) is 23.8 Å². The van der Waals surface area contributed by atoms with Crippen LogP contribution in [0.25, 0.3) is 0 Å². The summed E-state index contributed by atoms with van der Waals surface area (Å²) in [6.45, 7) is 0.0966. The summed E-state index contributed by atoms with van der Waals surface area (Å²) in [6.07, 6.45) is -3.22. The standard InChI is InChI=1S/C19H13F3N2O3/c20-19(21,22)15-6-2-5-14(10-15)17(26)13-4-1-3-12(9-13)11-24-8-7-16(25)23-18(24)27/h1-10H,11H2,(H,23,25,27). The van der Waals surface area contributed by atoms with E-state index in [-0.39, 0.29) is 17.7 Å². The molecule has 0 radical (unpaired) electrons. The molecule has 27 heavy (non-hydrogen) atoms. The van der Waals surface area contributed by atoms with Gasteiger partial charge in [-0.15, -0.1) is 0 Å². The Kier molecular flexibility index (Phi) is 4.81. The monoisotopic (exact) mass is 374 g/mol. The third-order valence-corrected chi connectivity index (χ3v) is 3.89. The van der Waals surface area contributed by atoms with Crippen molar-refractivity contribution in [1.82, 2.24) is 9.55 Å². The molecule has 0 aliphatic rings. The van der Waals surface area contributed by atoms with Crippen molar-refractivity contribution in [3.63, 3.8) is 0 Å². The topological polar surface area (TPSA) is 71.9 Å². The Balaban J connectivity index is 1.90. The molecule has 0 bridgehead atoms. The SMILES string of the molecule is O=C(c1cccc(Cn2ccc(=O)[nH]c2=O)c1)c1cccc(C(F)(F)F)c1. The van der Waals surface area contributed by atoms with Gasteiger partial charge in [0, 0.05) is 23.4 Å². The highest BCUT2D eigenvalue weighted by Crippen LogP contribution is 2.30. The molecule has 0 spiro atoms. The van der Waals surface area contributed by atoms with Gasteiger partial charge in [0.05, 0.1) is 12.1 Å². The first-order chi connectivity index (χ1) is 12.7. The minimum Gasteiger partial charge on any atom is -0.296 e. The number of halogens is 3. The molecule has 0 fully saturated rings. The van der Waals surface area contributed by atoms with E-state index in [0.29, 0.717) is 5.56 Å². The number of rotatable bonds is 4. The highest BCUT2D eigenvalue weighted by molar-refractivity contribution is 6.09. The number of benzene rings is 2. The van der Waals surface area contributed by atoms with E-state index in [2.05, 4.69) is 4.98 Å². The maximum Gasteiger partial charge on any atom is 0.416 e. The molecular weight excluding hydrogens is 361 g/mol. The van der Waals surface area contributed by atoms with E-state index in [1.54, 1.807) is 12.1 Å². The smallest absolute Gasteiger partial charge is 0.296 e. The van der Waals surface area contributed by atoms with Crippen LogP contribution in [-0.4, -0.2) is 15.3 Å². The third kappa shape index (κ3) is 4.22. The lowest BCUT2D eigenvalue weighted by Gasteiger charge is -2.09. The number of ketones is 1. The number of H-pyrrole nitrogens is 1. The zero-order valence-corrected chi connectivity index (χ0v) is 13.8. The van der Waals surface area contributed by atoms with Crippen LogP contribution in [-0.2, 0) is 12.7 Å². The summed E-state index contributed by atoms with van der Waals surface area (Å²) in [6, 6.07) is 11.6. The summed E-state index contributed by atoms with van der Waals surface area (Å²) in [4.78, 5) is 37.5. The molecule has 0 amide bonds. The van der Waals surface area contributed by atoms with Crippen LogP contribution in [0.5, 0.6) is 0 Å². The van der Waals surface area contributed by atoms with Crippen LogP contribution in [0.4, 0.5) is 13.2 Å². The molecule has 3 rings (SSSR count). The van der Waals surface area contributed by atoms with Crippen LogP contribution in [0.2, 0.25) is 0 Å². The van der Waals surface area contributed by atoms with Gasteiger partial charge < -0.3 is 0 Å². The Bertz CT molecular complexity index is 1110. The average molecular weight is 374 g/mol. The first kappa shape index (κ1) is 18.4. The van der Waals surface area contributed by atoms with Gasteiger partial charge in [-0.1, -0.05) is 30.3 Å². The van der Waals surface area contributed by atoms with Crippen molar-refractivity contribution in [3.8, 4) is 0 Å². The zero-order valence-electron chi connectivity index (χ0n) is 13.8. The van der Waals surface area contributed by atoms with E-state index in [4.69, 9.17) is 0 Å². The Morgan fingerprint density at radius 3 is 2.30 bits per heavy atom. The van der Waals surface area contributed by atoms with Crippen molar-refractivity contribution in [2.75, 3.05) is 0 Å². The second-order valence-corrected chi connectivity index (χ2v) is 5.85. The van der Waals surface area contributed by atoms with Gasteiger partial charge in [-0.3, -0.25) is 19.1 Å². The summed E-state index contributed by atoms with van der Waals surface area (Å²) in [5, 5.41) is 0. The van der Waals surface area contributed by atoms with E-state index in [9.17, 15) is 27.6 Å². The van der Waals surface area contributed by atoms with Gasteiger partial charge in [0.15, 0.2) is 5.78 Å². The van der Waals surface area contributed by atoms with Crippen LogP contribution in [0.1, 0.15) is 27.0 Å². The molecule has 1 aromatic heterocycles. The maximum absolute atomic E-state index is 12.8. The Morgan fingerprint density at radius 2 is 1.63 bits per heavy atom. The molecule has 0 saturated carbocycles. The van der Waals surface area contributed by atoms with Crippen molar-refractivity contribution in [1.29, 1.82) is 0 Å². The van der Waals surface area contributed by atoms with Gasteiger partial charge in [0.2, 0.25) is 0 Å². The van der Waals surface area contributed by atoms with Crippen molar-refractivity contribution < 1.29 is 18.0 Å². The van der Waals surface area contributed by atoms with E-state index in [0.717, 1.165) is 12.1 Å². The summed E-state index contributed by atoms with van der Waals surface area (Å²) in [7, 11) is 0. The van der Waals surface area contributed by atoms with Gasteiger partial charge in [0.1, 0.15) is 0 Å². The fraction of sp³-hybridized carbons (Fsp3) is 0.105. The number of nitrogens with one attached hydrogen (secondary N) is 1. The number of aromatic nitrogens is 2. The number of nitrogens with zero attached hydrogens (tertiary/aromatic N) is 1. The summed E-state index contributed by atoms with van der Waals surface area (Å²) in [5.74, 6) is -0.559. The van der Waals surface area contributed by atoms with Crippen LogP contribution < -0.4 is 11.2 Å². The molecule has 0 aliphatic heterocycles. The second-order valence-electron chi connectivity index (χ2n) is 5.85. The number of hydrogen-bond acceptors (Lipinski definition) is 3. The molecule has 0 saturated heterocycles. The van der Waals surface area contributed by atoms with Crippen molar-refractivity contribution in [3.05, 3.63) is 104 Å². The lowest BCUT2D eigenvalue weighted by molar-refractivity contribution is -0.137. The lowest BCUT2D eigenvalue weighted by atomic mass is 9.99. The molecule has 0 atom stereocenters.